The van der Waals surface area contributed by atoms with Crippen molar-refractivity contribution >= 4 is 0 Å². The lowest BCUT2D eigenvalue weighted by atomic mass is 9.87. The lowest BCUT2D eigenvalue weighted by Crippen LogP contribution is -2.45. The molecule has 12 nitrogen and oxygen atoms in total. The van der Waals surface area contributed by atoms with Gasteiger partial charge in [0.2, 0.25) is 0 Å². The fourth-order valence-corrected chi connectivity index (χ4v) is 5.13. The van der Waals surface area contributed by atoms with Gasteiger partial charge in [-0.05, 0) is 20.3 Å². The number of rotatable bonds is 2. The summed E-state index contributed by atoms with van der Waals surface area (Å²) in [5, 5.41) is 19.1. The molecule has 0 spiro atoms. The Morgan fingerprint density at radius 1 is 0.941 bits per heavy atom. The van der Waals surface area contributed by atoms with Gasteiger partial charge in [0.25, 0.3) is 11.1 Å². The molecule has 0 amide bonds. The van der Waals surface area contributed by atoms with Gasteiger partial charge in [-0.1, -0.05) is 13.8 Å². The number of fused-ring (bicyclic) bond motifs is 6. The largest absolute Gasteiger partial charge is 0.453 e. The predicted molar refractivity (Wildman–Crippen MR) is 115 cm³/mol. The van der Waals surface area contributed by atoms with E-state index in [2.05, 4.69) is 23.8 Å². The van der Waals surface area contributed by atoms with Crippen molar-refractivity contribution in [1.29, 1.82) is 0 Å². The van der Waals surface area contributed by atoms with Gasteiger partial charge in [-0.2, -0.15) is 9.97 Å². The third-order valence-corrected chi connectivity index (χ3v) is 7.31. The van der Waals surface area contributed by atoms with E-state index in [1.165, 1.54) is 18.3 Å². The molecule has 4 aliphatic rings. The minimum Gasteiger partial charge on any atom is -0.453 e. The summed E-state index contributed by atoms with van der Waals surface area (Å²) in [6, 6.07) is 3.22. The van der Waals surface area contributed by atoms with Crippen molar-refractivity contribution in [2.75, 3.05) is 6.61 Å². The van der Waals surface area contributed by atoms with Gasteiger partial charge in [-0.15, -0.1) is 0 Å². The van der Waals surface area contributed by atoms with E-state index >= 15 is 0 Å². The average molecular weight is 476 g/mol. The van der Waals surface area contributed by atoms with E-state index in [1.807, 2.05) is 11.5 Å². The van der Waals surface area contributed by atoms with Crippen molar-refractivity contribution in [2.24, 2.45) is 5.92 Å². The average Bonchev–Trinajstić information content (AvgIpc) is 3.41. The van der Waals surface area contributed by atoms with Gasteiger partial charge in [0, 0.05) is 30.4 Å². The maximum Gasteiger partial charge on any atom is 0.302 e. The first-order valence-electron chi connectivity index (χ1n) is 11.3. The number of ether oxygens (including phenoxy) is 4. The molecule has 0 unspecified atom stereocenters. The number of nitrogens with zero attached hydrogens (tertiary/aromatic N) is 4. The summed E-state index contributed by atoms with van der Waals surface area (Å²) in [6.07, 6.45) is 1.92. The summed E-state index contributed by atoms with van der Waals surface area (Å²) >= 11 is 0. The predicted octanol–water partition coefficient (Wildman–Crippen LogP) is -0.0171. The topological polar surface area (TPSA) is 147 Å². The van der Waals surface area contributed by atoms with Crippen molar-refractivity contribution in [1.82, 2.24) is 19.1 Å². The van der Waals surface area contributed by atoms with Gasteiger partial charge in [0.15, 0.2) is 23.7 Å². The zero-order valence-electron chi connectivity index (χ0n) is 19.3. The summed E-state index contributed by atoms with van der Waals surface area (Å²) in [5.74, 6) is 0.273. The summed E-state index contributed by atoms with van der Waals surface area (Å²) < 4.78 is 26.3. The van der Waals surface area contributed by atoms with E-state index in [4.69, 9.17) is 24.1 Å². The Kier molecular flexibility index (Phi) is 5.32. The molecule has 2 saturated heterocycles. The number of aromatic nitrogens is 4. The van der Waals surface area contributed by atoms with Crippen LogP contribution in [-0.2, 0) is 9.47 Å². The standard InChI is InChI=1S/C12H16N2O3.C10H12N2O5/c1-4-8-7(2)12(3)10(16-8)14-6-5-9(15)13-11(14)17-12;1-10-7(15)5(4-13)16-8(10)12-3-2-6(14)11-9(12)17-10/h5-8,10H,4H2,1-3H3;2-3,5,7-8,13,15H,4H2,1H3/t7-,8-,10-,12+;5-,7-,8-,10+/m11/s1. The fourth-order valence-electron chi connectivity index (χ4n) is 5.13. The molecule has 0 bridgehead atoms. The second-order valence-electron chi connectivity index (χ2n) is 9.36. The third kappa shape index (κ3) is 3.20. The van der Waals surface area contributed by atoms with Crippen LogP contribution < -0.4 is 20.6 Å². The van der Waals surface area contributed by atoms with Gasteiger partial charge in [-0.25, -0.2) is 0 Å². The molecule has 6 heterocycles. The van der Waals surface area contributed by atoms with Gasteiger partial charge in [-0.3, -0.25) is 18.7 Å². The van der Waals surface area contributed by atoms with Crippen molar-refractivity contribution in [3.8, 4) is 12.0 Å². The molecule has 34 heavy (non-hydrogen) atoms. The normalized spacial score (nSPS) is 38.6. The molecule has 6 rings (SSSR count). The van der Waals surface area contributed by atoms with Crippen LogP contribution in [0.4, 0.5) is 0 Å². The molecule has 0 saturated carbocycles. The highest BCUT2D eigenvalue weighted by molar-refractivity contribution is 5.17. The summed E-state index contributed by atoms with van der Waals surface area (Å²) in [5.41, 5.74) is -2.14. The molecule has 12 heteroatoms. The molecule has 2 aromatic heterocycles. The number of hydrogen-bond donors (Lipinski definition) is 2. The van der Waals surface area contributed by atoms with Crippen LogP contribution in [0.1, 0.15) is 46.6 Å². The van der Waals surface area contributed by atoms with E-state index < -0.39 is 35.2 Å². The molecular formula is C22H28N4O8. The molecule has 2 N–H and O–H groups in total. The van der Waals surface area contributed by atoms with Crippen LogP contribution in [0.3, 0.4) is 0 Å². The van der Waals surface area contributed by atoms with E-state index in [-0.39, 0.29) is 36.4 Å². The first-order chi connectivity index (χ1) is 16.1. The monoisotopic (exact) mass is 476 g/mol. The van der Waals surface area contributed by atoms with E-state index in [0.29, 0.717) is 6.01 Å². The van der Waals surface area contributed by atoms with Crippen LogP contribution in [0.5, 0.6) is 12.0 Å². The Labute approximate surface area is 194 Å². The fraction of sp³-hybridized carbons (Fsp3) is 0.636. The van der Waals surface area contributed by atoms with Crippen molar-refractivity contribution in [3.05, 3.63) is 45.2 Å². The zero-order chi connectivity index (χ0) is 24.4. The van der Waals surface area contributed by atoms with E-state index in [0.717, 1.165) is 6.42 Å². The number of hydrogen-bond acceptors (Lipinski definition) is 10. The molecule has 0 radical (unpaired) electrons. The molecule has 2 fully saturated rings. The first-order valence-corrected chi connectivity index (χ1v) is 11.3. The van der Waals surface area contributed by atoms with Gasteiger partial charge in [0.05, 0.1) is 12.7 Å². The third-order valence-electron chi connectivity index (χ3n) is 7.31. The zero-order valence-corrected chi connectivity index (χ0v) is 19.3. The maximum atomic E-state index is 11.2. The van der Waals surface area contributed by atoms with Gasteiger partial charge >= 0.3 is 12.0 Å². The number of aliphatic hydroxyl groups is 2. The molecule has 184 valence electrons. The Morgan fingerprint density at radius 3 is 1.97 bits per heavy atom. The van der Waals surface area contributed by atoms with Gasteiger partial charge < -0.3 is 29.2 Å². The minimum absolute atomic E-state index is 0.125. The lowest BCUT2D eigenvalue weighted by Gasteiger charge is -2.26. The molecule has 8 atom stereocenters. The smallest absolute Gasteiger partial charge is 0.302 e. The van der Waals surface area contributed by atoms with Crippen LogP contribution >= 0.6 is 0 Å². The van der Waals surface area contributed by atoms with Gasteiger partial charge in [0.1, 0.15) is 12.2 Å². The Hall–Kier alpha value is -2.80. The highest BCUT2D eigenvalue weighted by Crippen LogP contribution is 2.50. The second kappa shape index (κ2) is 7.87. The summed E-state index contributed by atoms with van der Waals surface area (Å²) in [7, 11) is 0. The highest BCUT2D eigenvalue weighted by Gasteiger charge is 2.60. The van der Waals surface area contributed by atoms with Crippen molar-refractivity contribution in [3.63, 3.8) is 0 Å². The summed E-state index contributed by atoms with van der Waals surface area (Å²) in [6.45, 7) is 7.63. The minimum atomic E-state index is -1.03. The maximum absolute atomic E-state index is 11.2. The molecular weight excluding hydrogens is 448 g/mol. The van der Waals surface area contributed by atoms with Crippen LogP contribution in [0.2, 0.25) is 0 Å². The van der Waals surface area contributed by atoms with E-state index in [9.17, 15) is 14.7 Å². The van der Waals surface area contributed by atoms with Crippen molar-refractivity contribution in [2.45, 2.75) is 76.1 Å². The van der Waals surface area contributed by atoms with Crippen LogP contribution in [-0.4, -0.2) is 65.4 Å². The SMILES string of the molecule is CC[C@H]1O[C@H]2n3ccc(=O)nc3O[C@@]2(C)[C@@H]1C.C[C@@]12Oc3nc(=O)ccn3[C@@H]1O[C@H](CO)[C@H]2O. The quantitative estimate of drug-likeness (QED) is 0.606. The molecule has 0 aliphatic carbocycles. The Bertz CT molecular complexity index is 1120. The number of aliphatic hydroxyl groups excluding tert-OH is 2. The van der Waals surface area contributed by atoms with E-state index in [1.54, 1.807) is 17.7 Å². The molecule has 2 aromatic rings. The Balaban J connectivity index is 0.000000142. The van der Waals surface area contributed by atoms with Crippen LogP contribution in [0, 0.1) is 5.92 Å². The Morgan fingerprint density at radius 2 is 1.44 bits per heavy atom. The second-order valence-corrected chi connectivity index (χ2v) is 9.36. The van der Waals surface area contributed by atoms with Crippen molar-refractivity contribution < 1.29 is 29.2 Å². The molecule has 0 aromatic carbocycles. The van der Waals surface area contributed by atoms with Crippen LogP contribution in [0.15, 0.2) is 34.1 Å². The lowest BCUT2D eigenvalue weighted by molar-refractivity contribution is -0.0457. The summed E-state index contributed by atoms with van der Waals surface area (Å²) in [4.78, 5) is 29.9. The highest BCUT2D eigenvalue weighted by atomic mass is 16.6. The molecule has 4 aliphatic heterocycles. The van der Waals surface area contributed by atoms with Crippen LogP contribution in [0.25, 0.3) is 0 Å². The first kappa shape index (κ1) is 23.0.